The molecule has 0 bridgehead atoms. The number of esters is 1. The number of benzene rings is 1. The third-order valence-corrected chi connectivity index (χ3v) is 6.99. The van der Waals surface area contributed by atoms with Crippen LogP contribution in [0, 0.1) is 13.8 Å². The van der Waals surface area contributed by atoms with Crippen LogP contribution in [0.4, 0.5) is 5.00 Å². The van der Waals surface area contributed by atoms with Crippen LogP contribution in [-0.2, 0) is 22.7 Å². The quantitative estimate of drug-likeness (QED) is 0.237. The number of hydrogen-bond acceptors (Lipinski definition) is 8. The van der Waals surface area contributed by atoms with Crippen molar-refractivity contribution in [2.24, 2.45) is 0 Å². The average molecular weight is 507 g/mol. The number of nitrogens with one attached hydrogen (secondary N) is 1. The monoisotopic (exact) mass is 506 g/mol. The van der Waals surface area contributed by atoms with Gasteiger partial charge in [-0.2, -0.15) is 0 Å². The Kier molecular flexibility index (Phi) is 8.54. The van der Waals surface area contributed by atoms with E-state index in [0.29, 0.717) is 38.9 Å². The van der Waals surface area contributed by atoms with Gasteiger partial charge in [0.05, 0.1) is 18.4 Å². The molecule has 11 heteroatoms. The first-order valence-electron chi connectivity index (χ1n) is 9.86. The van der Waals surface area contributed by atoms with E-state index in [1.54, 1.807) is 30.3 Å². The smallest absolute Gasteiger partial charge is 0.341 e. The van der Waals surface area contributed by atoms with Crippen LogP contribution in [0.15, 0.2) is 42.1 Å². The summed E-state index contributed by atoms with van der Waals surface area (Å²) >= 11 is 8.48. The van der Waals surface area contributed by atoms with Gasteiger partial charge in [0, 0.05) is 16.4 Å². The molecule has 33 heavy (non-hydrogen) atoms. The Morgan fingerprint density at radius 2 is 2.00 bits per heavy atom. The Morgan fingerprint density at radius 1 is 1.27 bits per heavy atom. The fraction of sp³-hybridized carbons (Fsp3) is 0.273. The van der Waals surface area contributed by atoms with E-state index in [9.17, 15) is 9.59 Å². The van der Waals surface area contributed by atoms with Crippen molar-refractivity contribution in [1.82, 2.24) is 14.8 Å². The second-order valence-corrected chi connectivity index (χ2v) is 9.46. The normalized spacial score (nSPS) is 10.7. The van der Waals surface area contributed by atoms with Crippen LogP contribution in [0.3, 0.4) is 0 Å². The molecule has 0 spiro atoms. The van der Waals surface area contributed by atoms with Gasteiger partial charge in [0.25, 0.3) is 0 Å². The maximum Gasteiger partial charge on any atom is 0.341 e. The number of methoxy groups -OCH3 is 1. The molecule has 8 nitrogen and oxygen atoms in total. The van der Waals surface area contributed by atoms with E-state index in [2.05, 4.69) is 22.1 Å². The number of carbonyl (C=O) groups excluding carboxylic acids is 2. The van der Waals surface area contributed by atoms with Crippen LogP contribution in [0.25, 0.3) is 0 Å². The highest BCUT2D eigenvalue weighted by atomic mass is 35.5. The van der Waals surface area contributed by atoms with Crippen LogP contribution in [-0.4, -0.2) is 39.5 Å². The van der Waals surface area contributed by atoms with Crippen molar-refractivity contribution in [1.29, 1.82) is 0 Å². The predicted octanol–water partition coefficient (Wildman–Crippen LogP) is 4.89. The van der Waals surface area contributed by atoms with Gasteiger partial charge in [-0.05, 0) is 43.7 Å². The zero-order valence-electron chi connectivity index (χ0n) is 18.4. The fourth-order valence-electron chi connectivity index (χ4n) is 2.88. The molecule has 0 atom stereocenters. The van der Waals surface area contributed by atoms with Gasteiger partial charge in [-0.25, -0.2) is 4.79 Å². The van der Waals surface area contributed by atoms with E-state index in [4.69, 9.17) is 21.1 Å². The van der Waals surface area contributed by atoms with Gasteiger partial charge >= 0.3 is 5.97 Å². The third kappa shape index (κ3) is 6.16. The Bertz CT molecular complexity index is 1160. The van der Waals surface area contributed by atoms with Crippen LogP contribution < -0.4 is 10.1 Å². The number of thiophene rings is 1. The number of rotatable bonds is 10. The minimum Gasteiger partial charge on any atom is -0.486 e. The molecular formula is C22H23ClN4O4S2. The van der Waals surface area contributed by atoms with Gasteiger partial charge in [0.2, 0.25) is 5.91 Å². The maximum absolute atomic E-state index is 12.6. The number of thioether (sulfide) groups is 1. The van der Waals surface area contributed by atoms with Crippen molar-refractivity contribution in [2.75, 3.05) is 18.2 Å². The first-order chi connectivity index (χ1) is 15.8. The lowest BCUT2D eigenvalue weighted by molar-refractivity contribution is -0.113. The van der Waals surface area contributed by atoms with Crippen molar-refractivity contribution in [3.8, 4) is 5.75 Å². The molecule has 2 heterocycles. The van der Waals surface area contributed by atoms with Crippen molar-refractivity contribution < 1.29 is 19.1 Å². The van der Waals surface area contributed by atoms with E-state index >= 15 is 0 Å². The summed E-state index contributed by atoms with van der Waals surface area (Å²) < 4.78 is 12.4. The molecule has 0 saturated carbocycles. The third-order valence-electron chi connectivity index (χ3n) is 4.65. The molecule has 3 aromatic rings. The molecule has 0 aliphatic carbocycles. The molecule has 0 radical (unpaired) electrons. The molecule has 0 unspecified atom stereocenters. The minimum absolute atomic E-state index is 0.0872. The molecule has 0 aliphatic heterocycles. The van der Waals surface area contributed by atoms with E-state index in [-0.39, 0.29) is 18.3 Å². The zero-order valence-corrected chi connectivity index (χ0v) is 20.8. The summed E-state index contributed by atoms with van der Waals surface area (Å²) in [5, 5.41) is 12.9. The topological polar surface area (TPSA) is 95.3 Å². The molecule has 1 aromatic carbocycles. The number of carbonyl (C=O) groups is 2. The predicted molar refractivity (Wildman–Crippen MR) is 130 cm³/mol. The zero-order chi connectivity index (χ0) is 24.0. The van der Waals surface area contributed by atoms with Crippen LogP contribution in [0.1, 0.15) is 26.6 Å². The van der Waals surface area contributed by atoms with E-state index in [0.717, 1.165) is 10.4 Å². The largest absolute Gasteiger partial charge is 0.486 e. The highest BCUT2D eigenvalue weighted by Gasteiger charge is 2.22. The molecule has 0 fully saturated rings. The van der Waals surface area contributed by atoms with Gasteiger partial charge in [-0.15, -0.1) is 28.1 Å². The van der Waals surface area contributed by atoms with Crippen LogP contribution in [0.5, 0.6) is 5.75 Å². The molecule has 1 N–H and O–H groups in total. The summed E-state index contributed by atoms with van der Waals surface area (Å²) in [5.41, 5.74) is 1.18. The summed E-state index contributed by atoms with van der Waals surface area (Å²) in [5.74, 6) is 0.605. The lowest BCUT2D eigenvalue weighted by atomic mass is 10.1. The number of ether oxygens (including phenoxy) is 2. The second kappa shape index (κ2) is 11.4. The molecular weight excluding hydrogens is 484 g/mol. The van der Waals surface area contributed by atoms with Gasteiger partial charge in [0.1, 0.15) is 17.4 Å². The van der Waals surface area contributed by atoms with Crippen molar-refractivity contribution >= 4 is 51.6 Å². The van der Waals surface area contributed by atoms with E-state index in [1.807, 2.05) is 18.4 Å². The summed E-state index contributed by atoms with van der Waals surface area (Å²) in [6, 6.07) is 7.03. The number of aryl methyl sites for hydroxylation is 1. The molecule has 2 aromatic heterocycles. The summed E-state index contributed by atoms with van der Waals surface area (Å²) in [4.78, 5) is 25.6. The highest BCUT2D eigenvalue weighted by Crippen LogP contribution is 2.33. The first kappa shape index (κ1) is 24.8. The van der Waals surface area contributed by atoms with Gasteiger partial charge < -0.3 is 14.8 Å². The molecule has 0 aliphatic rings. The molecule has 174 valence electrons. The van der Waals surface area contributed by atoms with Crippen molar-refractivity contribution in [2.45, 2.75) is 32.2 Å². The van der Waals surface area contributed by atoms with Gasteiger partial charge in [-0.3, -0.25) is 9.36 Å². The Morgan fingerprint density at radius 3 is 2.67 bits per heavy atom. The molecule has 1 amide bonds. The number of amides is 1. The highest BCUT2D eigenvalue weighted by molar-refractivity contribution is 7.99. The number of allylic oxidation sites excluding steroid dienone is 1. The second-order valence-electron chi connectivity index (χ2n) is 6.86. The lowest BCUT2D eigenvalue weighted by Gasteiger charge is -2.09. The molecule has 0 saturated heterocycles. The number of halogens is 1. The number of hydrogen-bond donors (Lipinski definition) is 1. The van der Waals surface area contributed by atoms with Crippen molar-refractivity contribution in [3.63, 3.8) is 0 Å². The number of aromatic nitrogens is 3. The van der Waals surface area contributed by atoms with E-state index < -0.39 is 5.97 Å². The summed E-state index contributed by atoms with van der Waals surface area (Å²) in [7, 11) is 1.32. The minimum atomic E-state index is -0.476. The Labute approximate surface area is 204 Å². The first-order valence-corrected chi connectivity index (χ1v) is 12.0. The van der Waals surface area contributed by atoms with Crippen LogP contribution >= 0.6 is 34.7 Å². The number of nitrogens with zero attached hydrogens (tertiary/aromatic N) is 3. The fourth-order valence-corrected chi connectivity index (χ4v) is 4.84. The average Bonchev–Trinajstić information content (AvgIpc) is 3.31. The van der Waals surface area contributed by atoms with Crippen LogP contribution in [0.2, 0.25) is 5.02 Å². The van der Waals surface area contributed by atoms with Gasteiger partial charge in [0.15, 0.2) is 11.0 Å². The Hall–Kier alpha value is -2.82. The van der Waals surface area contributed by atoms with E-state index in [1.165, 1.54) is 30.2 Å². The lowest BCUT2D eigenvalue weighted by Crippen LogP contribution is -2.16. The molecule has 3 rings (SSSR count). The maximum atomic E-state index is 12.6. The SMILES string of the molecule is C=CCn1c(COc2ccc(Cl)cc2)nnc1SCC(=O)Nc1sc(C)c(C)c1C(=O)OC. The summed E-state index contributed by atoms with van der Waals surface area (Å²) in [6.07, 6.45) is 1.72. The van der Waals surface area contributed by atoms with Crippen molar-refractivity contribution in [3.05, 3.63) is 63.8 Å². The Balaban J connectivity index is 1.65. The standard InChI is InChI=1S/C22H23ClN4O4S2/c1-5-10-27-17(11-31-16-8-6-15(23)7-9-16)25-26-22(27)32-12-18(28)24-20-19(21(29)30-4)13(2)14(3)33-20/h5-9H,1,10-12H2,2-4H3,(H,24,28). The summed E-state index contributed by atoms with van der Waals surface area (Å²) in [6.45, 7) is 8.16. The van der Waals surface area contributed by atoms with Gasteiger partial charge in [-0.1, -0.05) is 29.4 Å². The number of anilines is 1.